The molecule has 22 heavy (non-hydrogen) atoms. The van der Waals surface area contributed by atoms with Crippen molar-refractivity contribution in [3.05, 3.63) is 40.2 Å². The van der Waals surface area contributed by atoms with E-state index < -0.39 is 0 Å². The molecule has 0 unspecified atom stereocenters. The molecule has 1 aliphatic rings. The summed E-state index contributed by atoms with van der Waals surface area (Å²) in [5, 5.41) is 0.918. The van der Waals surface area contributed by atoms with Crippen molar-refractivity contribution in [2.75, 3.05) is 26.4 Å². The van der Waals surface area contributed by atoms with Gasteiger partial charge in [0, 0.05) is 24.1 Å². The monoisotopic (exact) mass is 304 g/mol. The number of aryl methyl sites for hydroxylation is 1. The number of hydrogen-bond acceptors (Lipinski definition) is 5. The summed E-state index contributed by atoms with van der Waals surface area (Å²) in [5.41, 5.74) is 1.10. The van der Waals surface area contributed by atoms with Crippen molar-refractivity contribution in [3.63, 3.8) is 0 Å². The molecule has 1 aromatic heterocycles. The van der Waals surface area contributed by atoms with Crippen molar-refractivity contribution in [2.45, 2.75) is 25.9 Å². The molecular formula is C17H20O5. The highest BCUT2D eigenvalue weighted by molar-refractivity contribution is 5.81. The molecule has 2 aromatic rings. The lowest BCUT2D eigenvalue weighted by Gasteiger charge is -2.11. The minimum Gasteiger partial charge on any atom is -0.491 e. The van der Waals surface area contributed by atoms with Crippen LogP contribution in [0.2, 0.25) is 0 Å². The summed E-state index contributed by atoms with van der Waals surface area (Å²) in [7, 11) is 0. The lowest BCUT2D eigenvalue weighted by Crippen LogP contribution is -2.17. The van der Waals surface area contributed by atoms with Crippen LogP contribution in [0, 0.1) is 6.92 Å². The topological polar surface area (TPSA) is 57.9 Å². The van der Waals surface area contributed by atoms with Gasteiger partial charge >= 0.3 is 5.63 Å². The van der Waals surface area contributed by atoms with Gasteiger partial charge in [0.15, 0.2) is 0 Å². The predicted molar refractivity (Wildman–Crippen MR) is 82.5 cm³/mol. The van der Waals surface area contributed by atoms with Gasteiger partial charge in [-0.2, -0.15) is 0 Å². The summed E-state index contributed by atoms with van der Waals surface area (Å²) in [6.07, 6.45) is 2.42. The standard InChI is InChI=1S/C17H20O5/c1-12-9-17(18)22-16-10-13(4-5-15(12)16)21-8-7-19-11-14-3-2-6-20-14/h4-5,9-10,14H,2-3,6-8,11H2,1H3/t14-/m1/s1. The van der Waals surface area contributed by atoms with Crippen LogP contribution in [-0.4, -0.2) is 32.5 Å². The average molecular weight is 304 g/mol. The molecule has 1 aliphatic heterocycles. The molecule has 5 heteroatoms. The lowest BCUT2D eigenvalue weighted by atomic mass is 10.1. The normalized spacial score (nSPS) is 18.0. The van der Waals surface area contributed by atoms with Gasteiger partial charge in [0.1, 0.15) is 17.9 Å². The summed E-state index contributed by atoms with van der Waals surface area (Å²) in [5.74, 6) is 0.668. The molecule has 0 amide bonds. The van der Waals surface area contributed by atoms with E-state index >= 15 is 0 Å². The van der Waals surface area contributed by atoms with Gasteiger partial charge in [-0.05, 0) is 37.5 Å². The predicted octanol–water partition coefficient (Wildman–Crippen LogP) is 2.68. The Hall–Kier alpha value is -1.85. The van der Waals surface area contributed by atoms with E-state index in [0.717, 1.165) is 30.4 Å². The average Bonchev–Trinajstić information content (AvgIpc) is 2.99. The van der Waals surface area contributed by atoms with Crippen molar-refractivity contribution >= 4 is 11.0 Å². The number of benzene rings is 1. The highest BCUT2D eigenvalue weighted by atomic mass is 16.5. The molecule has 0 aliphatic carbocycles. The zero-order chi connectivity index (χ0) is 15.4. The molecule has 5 nitrogen and oxygen atoms in total. The van der Waals surface area contributed by atoms with Crippen LogP contribution in [0.4, 0.5) is 0 Å². The van der Waals surface area contributed by atoms with Gasteiger partial charge in [0.25, 0.3) is 0 Å². The van der Waals surface area contributed by atoms with Gasteiger partial charge in [-0.25, -0.2) is 4.79 Å². The summed E-state index contributed by atoms with van der Waals surface area (Å²) in [6, 6.07) is 7.00. The minimum atomic E-state index is -0.345. The summed E-state index contributed by atoms with van der Waals surface area (Å²) in [4.78, 5) is 11.4. The first-order valence-corrected chi connectivity index (χ1v) is 7.59. The van der Waals surface area contributed by atoms with Crippen LogP contribution in [0.3, 0.4) is 0 Å². The first-order valence-electron chi connectivity index (χ1n) is 7.59. The molecule has 0 spiro atoms. The van der Waals surface area contributed by atoms with Crippen LogP contribution < -0.4 is 10.4 Å². The second kappa shape index (κ2) is 6.94. The van der Waals surface area contributed by atoms with Gasteiger partial charge < -0.3 is 18.6 Å². The Bertz CT molecular complexity index is 685. The minimum absolute atomic E-state index is 0.234. The number of hydrogen-bond donors (Lipinski definition) is 0. The molecule has 0 bridgehead atoms. The molecule has 1 atom stereocenters. The molecule has 0 radical (unpaired) electrons. The highest BCUT2D eigenvalue weighted by Crippen LogP contribution is 2.22. The van der Waals surface area contributed by atoms with E-state index in [1.165, 1.54) is 6.07 Å². The largest absolute Gasteiger partial charge is 0.491 e. The molecule has 118 valence electrons. The maximum Gasteiger partial charge on any atom is 0.336 e. The highest BCUT2D eigenvalue weighted by Gasteiger charge is 2.15. The van der Waals surface area contributed by atoms with Gasteiger partial charge in [-0.1, -0.05) is 0 Å². The van der Waals surface area contributed by atoms with E-state index in [-0.39, 0.29) is 11.7 Å². The Morgan fingerprint density at radius 1 is 1.27 bits per heavy atom. The third-order valence-corrected chi connectivity index (χ3v) is 3.75. The van der Waals surface area contributed by atoms with Crippen molar-refractivity contribution in [1.82, 2.24) is 0 Å². The Morgan fingerprint density at radius 3 is 3.00 bits per heavy atom. The molecule has 0 saturated carbocycles. The van der Waals surface area contributed by atoms with Gasteiger partial charge in [-0.15, -0.1) is 0 Å². The fourth-order valence-corrected chi connectivity index (χ4v) is 2.60. The molecule has 2 heterocycles. The third kappa shape index (κ3) is 3.67. The molecule has 0 N–H and O–H groups in total. The van der Waals surface area contributed by atoms with Gasteiger partial charge in [0.2, 0.25) is 0 Å². The second-order valence-electron chi connectivity index (χ2n) is 5.46. The van der Waals surface area contributed by atoms with Crippen molar-refractivity contribution in [3.8, 4) is 5.75 Å². The van der Waals surface area contributed by atoms with E-state index in [2.05, 4.69) is 0 Å². The van der Waals surface area contributed by atoms with Gasteiger partial charge in [-0.3, -0.25) is 0 Å². The van der Waals surface area contributed by atoms with Crippen LogP contribution in [0.25, 0.3) is 11.0 Å². The van der Waals surface area contributed by atoms with Crippen molar-refractivity contribution < 1.29 is 18.6 Å². The molecule has 1 fully saturated rings. The zero-order valence-corrected chi connectivity index (χ0v) is 12.7. The van der Waals surface area contributed by atoms with E-state index in [1.807, 2.05) is 19.1 Å². The van der Waals surface area contributed by atoms with Gasteiger partial charge in [0.05, 0.1) is 19.3 Å². The summed E-state index contributed by atoms with van der Waals surface area (Å²) < 4.78 is 21.8. The summed E-state index contributed by atoms with van der Waals surface area (Å²) >= 11 is 0. The maximum absolute atomic E-state index is 11.4. The molecule has 1 saturated heterocycles. The number of rotatable bonds is 6. The maximum atomic E-state index is 11.4. The summed E-state index contributed by atoms with van der Waals surface area (Å²) in [6.45, 7) is 4.31. The quantitative estimate of drug-likeness (QED) is 0.606. The first-order chi connectivity index (χ1) is 10.7. The zero-order valence-electron chi connectivity index (χ0n) is 12.7. The van der Waals surface area contributed by atoms with E-state index in [9.17, 15) is 4.79 Å². The fourth-order valence-electron chi connectivity index (χ4n) is 2.60. The molecular weight excluding hydrogens is 284 g/mol. The first kappa shape index (κ1) is 15.1. The second-order valence-corrected chi connectivity index (χ2v) is 5.46. The van der Waals surface area contributed by atoms with Crippen LogP contribution in [-0.2, 0) is 9.47 Å². The number of fused-ring (bicyclic) bond motifs is 1. The van der Waals surface area contributed by atoms with E-state index in [0.29, 0.717) is 31.2 Å². The van der Waals surface area contributed by atoms with E-state index in [4.69, 9.17) is 18.6 Å². The Morgan fingerprint density at radius 2 is 2.18 bits per heavy atom. The van der Waals surface area contributed by atoms with Crippen LogP contribution >= 0.6 is 0 Å². The van der Waals surface area contributed by atoms with E-state index in [1.54, 1.807) is 6.07 Å². The Kier molecular flexibility index (Phi) is 4.75. The smallest absolute Gasteiger partial charge is 0.336 e. The Balaban J connectivity index is 1.52. The third-order valence-electron chi connectivity index (χ3n) is 3.75. The Labute approximate surface area is 128 Å². The van der Waals surface area contributed by atoms with Crippen LogP contribution in [0.1, 0.15) is 18.4 Å². The molecule has 1 aromatic carbocycles. The molecule has 3 rings (SSSR count). The van der Waals surface area contributed by atoms with Crippen LogP contribution in [0.15, 0.2) is 33.5 Å². The van der Waals surface area contributed by atoms with Crippen molar-refractivity contribution in [1.29, 1.82) is 0 Å². The lowest BCUT2D eigenvalue weighted by molar-refractivity contribution is 0.00854. The number of ether oxygens (including phenoxy) is 3. The van der Waals surface area contributed by atoms with Crippen molar-refractivity contribution in [2.24, 2.45) is 0 Å². The SMILES string of the molecule is Cc1cc(=O)oc2cc(OCCOC[C@H]3CCCO3)ccc12. The fraction of sp³-hybridized carbons (Fsp3) is 0.471. The van der Waals surface area contributed by atoms with Crippen LogP contribution in [0.5, 0.6) is 5.75 Å².